The quantitative estimate of drug-likeness (QED) is 0.324. The van der Waals surface area contributed by atoms with Crippen molar-refractivity contribution in [3.8, 4) is 28.6 Å². The van der Waals surface area contributed by atoms with E-state index in [9.17, 15) is 14.9 Å². The molecule has 0 radical (unpaired) electrons. The maximum absolute atomic E-state index is 11.9. The van der Waals surface area contributed by atoms with Gasteiger partial charge < -0.3 is 18.8 Å². The van der Waals surface area contributed by atoms with Crippen molar-refractivity contribution in [2.24, 2.45) is 0 Å². The summed E-state index contributed by atoms with van der Waals surface area (Å²) in [7, 11) is 0. The van der Waals surface area contributed by atoms with Crippen molar-refractivity contribution in [3.63, 3.8) is 0 Å². The average molecular weight is 447 g/mol. The van der Waals surface area contributed by atoms with Crippen LogP contribution in [0.2, 0.25) is 0 Å². The summed E-state index contributed by atoms with van der Waals surface area (Å²) in [6.45, 7) is 4.32. The second-order valence-electron chi connectivity index (χ2n) is 7.26. The predicted octanol–water partition coefficient (Wildman–Crippen LogP) is 4.91. The van der Waals surface area contributed by atoms with Crippen molar-refractivity contribution >= 4 is 11.9 Å². The topological polar surface area (TPSA) is 90.6 Å². The molecule has 0 N–H and O–H groups in total. The predicted molar refractivity (Wildman–Crippen MR) is 123 cm³/mol. The van der Waals surface area contributed by atoms with Crippen molar-refractivity contribution in [1.29, 1.82) is 5.26 Å². The van der Waals surface area contributed by atoms with Gasteiger partial charge in [-0.05, 0) is 50.1 Å². The van der Waals surface area contributed by atoms with Crippen LogP contribution in [0.4, 0.5) is 0 Å². The van der Waals surface area contributed by atoms with Gasteiger partial charge in [0.1, 0.15) is 11.8 Å². The van der Waals surface area contributed by atoms with Crippen molar-refractivity contribution in [3.05, 3.63) is 72.1 Å². The first kappa shape index (κ1) is 23.6. The summed E-state index contributed by atoms with van der Waals surface area (Å²) >= 11 is 0. The van der Waals surface area contributed by atoms with Gasteiger partial charge in [-0.15, -0.1) is 0 Å². The van der Waals surface area contributed by atoms with Gasteiger partial charge in [-0.2, -0.15) is 5.26 Å². The van der Waals surface area contributed by atoms with Crippen LogP contribution >= 0.6 is 0 Å². The normalized spacial score (nSPS) is 10.3. The van der Waals surface area contributed by atoms with Gasteiger partial charge in [0.2, 0.25) is 0 Å². The minimum absolute atomic E-state index is 0.287. The van der Waals surface area contributed by atoms with E-state index in [2.05, 4.69) is 6.07 Å². The third kappa shape index (κ3) is 6.23. The van der Waals surface area contributed by atoms with Crippen LogP contribution in [0.1, 0.15) is 42.6 Å². The molecule has 0 atom stereocenters. The van der Waals surface area contributed by atoms with E-state index in [1.807, 2.05) is 47.2 Å². The van der Waals surface area contributed by atoms with Crippen LogP contribution in [0.25, 0.3) is 16.8 Å². The lowest BCUT2D eigenvalue weighted by molar-refractivity contribution is -0.141. The first-order valence-electron chi connectivity index (χ1n) is 10.8. The van der Waals surface area contributed by atoms with Crippen LogP contribution in [0.5, 0.6) is 5.75 Å². The number of hydrogen-bond donors (Lipinski definition) is 0. The van der Waals surface area contributed by atoms with E-state index in [1.165, 1.54) is 6.92 Å². The summed E-state index contributed by atoms with van der Waals surface area (Å²) < 4.78 is 17.8. The van der Waals surface area contributed by atoms with Crippen LogP contribution in [0, 0.1) is 11.3 Å². The van der Waals surface area contributed by atoms with Gasteiger partial charge in [0.25, 0.3) is 0 Å². The molecule has 0 aliphatic heterocycles. The lowest BCUT2D eigenvalue weighted by atomic mass is 10.0. The van der Waals surface area contributed by atoms with Crippen molar-refractivity contribution in [2.75, 3.05) is 19.8 Å². The molecular formula is C26H26N2O5. The van der Waals surface area contributed by atoms with Gasteiger partial charge in [0.05, 0.1) is 30.9 Å². The zero-order chi connectivity index (χ0) is 23.6. The number of esters is 2. The van der Waals surface area contributed by atoms with Gasteiger partial charge in [-0.3, -0.25) is 4.79 Å². The Bertz CT molecular complexity index is 1140. The molecule has 1 aromatic heterocycles. The molecular weight excluding hydrogens is 420 g/mol. The number of benzene rings is 2. The van der Waals surface area contributed by atoms with E-state index >= 15 is 0 Å². The Hall–Kier alpha value is -4.05. The molecule has 2 aromatic carbocycles. The number of aromatic nitrogens is 1. The Morgan fingerprint density at radius 3 is 2.36 bits per heavy atom. The summed E-state index contributed by atoms with van der Waals surface area (Å²) in [6, 6.07) is 16.8. The van der Waals surface area contributed by atoms with Gasteiger partial charge >= 0.3 is 11.9 Å². The molecule has 0 unspecified atom stereocenters. The Morgan fingerprint density at radius 2 is 1.67 bits per heavy atom. The molecule has 0 saturated heterocycles. The first-order valence-corrected chi connectivity index (χ1v) is 10.8. The molecule has 3 rings (SSSR count). The number of ether oxygens (including phenoxy) is 3. The third-order valence-corrected chi connectivity index (χ3v) is 4.90. The maximum atomic E-state index is 11.9. The summed E-state index contributed by atoms with van der Waals surface area (Å²) in [6.07, 6.45) is 5.08. The number of rotatable bonds is 10. The second-order valence-corrected chi connectivity index (χ2v) is 7.26. The fraction of sp³-hybridized carbons (Fsp3) is 0.269. The molecule has 0 spiro atoms. The minimum atomic E-state index is -0.367. The van der Waals surface area contributed by atoms with E-state index in [-0.39, 0.29) is 11.9 Å². The lowest BCUT2D eigenvalue weighted by Gasteiger charge is -2.11. The van der Waals surface area contributed by atoms with Crippen LogP contribution in [-0.2, 0) is 14.3 Å². The van der Waals surface area contributed by atoms with Gasteiger partial charge in [0, 0.05) is 36.1 Å². The molecule has 7 heteroatoms. The Labute approximate surface area is 193 Å². The monoisotopic (exact) mass is 446 g/mol. The molecule has 33 heavy (non-hydrogen) atoms. The molecule has 0 aliphatic carbocycles. The number of para-hydroxylation sites is 1. The van der Waals surface area contributed by atoms with Crippen LogP contribution in [0.15, 0.2) is 60.9 Å². The second kappa shape index (κ2) is 11.5. The highest BCUT2D eigenvalue weighted by molar-refractivity contribution is 5.89. The summed E-state index contributed by atoms with van der Waals surface area (Å²) in [4.78, 5) is 22.7. The number of hydrogen-bond acceptors (Lipinski definition) is 6. The van der Waals surface area contributed by atoms with Crippen LogP contribution in [0.3, 0.4) is 0 Å². The number of nitrogens with zero attached hydrogens (tertiary/aromatic N) is 2. The smallest absolute Gasteiger partial charge is 0.338 e. The Balaban J connectivity index is 1.77. The highest BCUT2D eigenvalue weighted by Crippen LogP contribution is 2.33. The molecule has 0 aliphatic rings. The summed E-state index contributed by atoms with van der Waals surface area (Å²) in [5, 5.41) is 9.72. The summed E-state index contributed by atoms with van der Waals surface area (Å²) in [5.41, 5.74) is 3.37. The summed E-state index contributed by atoms with van der Waals surface area (Å²) in [5.74, 6) is 0.0242. The Kier molecular flexibility index (Phi) is 8.25. The average Bonchev–Trinajstić information content (AvgIpc) is 3.26. The van der Waals surface area contributed by atoms with Crippen molar-refractivity contribution in [1.82, 2.24) is 4.57 Å². The Morgan fingerprint density at radius 1 is 0.939 bits per heavy atom. The zero-order valence-electron chi connectivity index (χ0n) is 18.7. The molecule has 3 aromatic rings. The SMILES string of the molecule is CCOC(=O)c1ccc(-n2cc(C#N)c(-c3ccccc3OCCCCOC(C)=O)c2)cc1. The molecule has 0 bridgehead atoms. The van der Waals surface area contributed by atoms with E-state index in [1.54, 1.807) is 25.3 Å². The van der Waals surface area contributed by atoms with E-state index in [0.717, 1.165) is 23.2 Å². The highest BCUT2D eigenvalue weighted by Gasteiger charge is 2.15. The zero-order valence-corrected chi connectivity index (χ0v) is 18.7. The molecule has 0 saturated carbocycles. The fourth-order valence-electron chi connectivity index (χ4n) is 3.31. The molecule has 0 amide bonds. The van der Waals surface area contributed by atoms with Crippen LogP contribution < -0.4 is 4.74 Å². The van der Waals surface area contributed by atoms with Gasteiger partial charge in [-0.25, -0.2) is 4.79 Å². The molecule has 170 valence electrons. The fourth-order valence-corrected chi connectivity index (χ4v) is 3.31. The molecule has 7 nitrogen and oxygen atoms in total. The highest BCUT2D eigenvalue weighted by atomic mass is 16.5. The van der Waals surface area contributed by atoms with Gasteiger partial charge in [-0.1, -0.05) is 18.2 Å². The van der Waals surface area contributed by atoms with E-state index in [0.29, 0.717) is 43.1 Å². The van der Waals surface area contributed by atoms with Gasteiger partial charge in [0.15, 0.2) is 0 Å². The largest absolute Gasteiger partial charge is 0.493 e. The lowest BCUT2D eigenvalue weighted by Crippen LogP contribution is -2.04. The van der Waals surface area contributed by atoms with E-state index in [4.69, 9.17) is 14.2 Å². The third-order valence-electron chi connectivity index (χ3n) is 4.90. The van der Waals surface area contributed by atoms with Crippen molar-refractivity contribution in [2.45, 2.75) is 26.7 Å². The minimum Gasteiger partial charge on any atom is -0.493 e. The number of carbonyl (C=O) groups is 2. The number of unbranched alkanes of at least 4 members (excludes halogenated alkanes) is 1. The van der Waals surface area contributed by atoms with Crippen LogP contribution in [-0.4, -0.2) is 36.3 Å². The number of carbonyl (C=O) groups excluding carboxylic acids is 2. The molecule has 1 heterocycles. The first-order chi connectivity index (χ1) is 16.0. The molecule has 0 fully saturated rings. The number of nitriles is 1. The maximum Gasteiger partial charge on any atom is 0.338 e. The van der Waals surface area contributed by atoms with E-state index < -0.39 is 0 Å². The van der Waals surface area contributed by atoms with Crippen molar-refractivity contribution < 1.29 is 23.8 Å². The standard InChI is InChI=1S/C26H26N2O5/c1-3-31-26(30)20-10-12-22(13-11-20)28-17-21(16-27)24(18-28)23-8-4-5-9-25(23)33-15-7-6-14-32-19(2)29/h4-5,8-13,17-18H,3,6-7,14-15H2,1-2H3.